The predicted molar refractivity (Wildman–Crippen MR) is 72.6 cm³/mol. The molecule has 1 aliphatic rings. The van der Waals surface area contributed by atoms with Crippen LogP contribution >= 0.6 is 22.9 Å². The van der Waals surface area contributed by atoms with Crippen LogP contribution in [0.4, 0.5) is 0 Å². The van der Waals surface area contributed by atoms with Crippen molar-refractivity contribution in [2.45, 2.75) is 6.42 Å². The maximum atomic E-state index is 5.87. The summed E-state index contributed by atoms with van der Waals surface area (Å²) in [5, 5.41) is 7.42. The minimum absolute atomic E-state index is 0.768. The first-order valence-corrected chi connectivity index (χ1v) is 6.98. The van der Waals surface area contributed by atoms with Gasteiger partial charge in [-0.3, -0.25) is 0 Å². The third-order valence-electron chi connectivity index (χ3n) is 3.02. The van der Waals surface area contributed by atoms with Gasteiger partial charge < -0.3 is 5.32 Å². The Morgan fingerprint density at radius 2 is 2.06 bits per heavy atom. The minimum Gasteiger partial charge on any atom is -0.316 e. The SMILES string of the molecule is Clc1ccc(-c2csc(CC3CNC3)n2)cc1. The first kappa shape index (κ1) is 11.2. The van der Waals surface area contributed by atoms with E-state index in [4.69, 9.17) is 11.6 Å². The maximum absolute atomic E-state index is 5.87. The Balaban J connectivity index is 1.76. The van der Waals surface area contributed by atoms with Gasteiger partial charge >= 0.3 is 0 Å². The molecule has 1 aliphatic heterocycles. The number of rotatable bonds is 3. The molecule has 17 heavy (non-hydrogen) atoms. The Morgan fingerprint density at radius 1 is 1.29 bits per heavy atom. The number of aromatic nitrogens is 1. The molecular formula is C13H13ClN2S. The molecule has 1 saturated heterocycles. The standard InChI is InChI=1S/C13H13ClN2S/c14-11-3-1-10(2-4-11)12-8-17-13(16-12)5-9-6-15-7-9/h1-4,8-9,15H,5-7H2. The molecule has 0 radical (unpaired) electrons. The first-order valence-electron chi connectivity index (χ1n) is 5.72. The van der Waals surface area contributed by atoms with Gasteiger partial charge in [0.15, 0.2) is 0 Å². The lowest BCUT2D eigenvalue weighted by Crippen LogP contribution is -2.43. The van der Waals surface area contributed by atoms with Crippen molar-refractivity contribution < 1.29 is 0 Å². The Bertz CT molecular complexity index is 502. The van der Waals surface area contributed by atoms with Crippen LogP contribution in [0.5, 0.6) is 0 Å². The van der Waals surface area contributed by atoms with Crippen LogP contribution in [0.3, 0.4) is 0 Å². The van der Waals surface area contributed by atoms with Crippen LogP contribution in [-0.4, -0.2) is 18.1 Å². The second-order valence-corrected chi connectivity index (χ2v) is 5.74. The van der Waals surface area contributed by atoms with E-state index in [1.54, 1.807) is 11.3 Å². The van der Waals surface area contributed by atoms with E-state index < -0.39 is 0 Å². The van der Waals surface area contributed by atoms with Crippen molar-refractivity contribution in [1.82, 2.24) is 10.3 Å². The fourth-order valence-electron chi connectivity index (χ4n) is 1.90. The minimum atomic E-state index is 0.768. The monoisotopic (exact) mass is 264 g/mol. The van der Waals surface area contributed by atoms with E-state index in [0.29, 0.717) is 0 Å². The van der Waals surface area contributed by atoms with E-state index in [-0.39, 0.29) is 0 Å². The van der Waals surface area contributed by atoms with E-state index in [9.17, 15) is 0 Å². The molecule has 0 saturated carbocycles. The summed E-state index contributed by atoms with van der Waals surface area (Å²) in [6.07, 6.45) is 1.10. The zero-order valence-electron chi connectivity index (χ0n) is 9.32. The molecule has 2 nitrogen and oxygen atoms in total. The van der Waals surface area contributed by atoms with E-state index in [1.807, 2.05) is 24.3 Å². The van der Waals surface area contributed by atoms with Gasteiger partial charge in [0.1, 0.15) is 0 Å². The van der Waals surface area contributed by atoms with Gasteiger partial charge in [0.05, 0.1) is 10.7 Å². The second kappa shape index (κ2) is 4.77. The van der Waals surface area contributed by atoms with Crippen LogP contribution < -0.4 is 5.32 Å². The van der Waals surface area contributed by atoms with Crippen LogP contribution in [0.25, 0.3) is 11.3 Å². The van der Waals surface area contributed by atoms with Gasteiger partial charge in [0.25, 0.3) is 0 Å². The molecule has 1 aromatic heterocycles. The van der Waals surface area contributed by atoms with Crippen LogP contribution in [-0.2, 0) is 6.42 Å². The molecule has 0 aliphatic carbocycles. The van der Waals surface area contributed by atoms with E-state index in [0.717, 1.165) is 41.7 Å². The zero-order chi connectivity index (χ0) is 11.7. The molecule has 2 aromatic rings. The summed E-state index contributed by atoms with van der Waals surface area (Å²) < 4.78 is 0. The highest BCUT2D eigenvalue weighted by Gasteiger charge is 2.18. The fourth-order valence-corrected chi connectivity index (χ4v) is 2.94. The molecule has 0 unspecified atom stereocenters. The molecule has 4 heteroatoms. The Hall–Kier alpha value is -0.900. The largest absolute Gasteiger partial charge is 0.316 e. The Morgan fingerprint density at radius 3 is 2.71 bits per heavy atom. The summed E-state index contributed by atoms with van der Waals surface area (Å²) in [5.74, 6) is 0.777. The van der Waals surface area contributed by atoms with Gasteiger partial charge in [-0.05, 0) is 31.1 Å². The summed E-state index contributed by atoms with van der Waals surface area (Å²) >= 11 is 7.63. The maximum Gasteiger partial charge on any atom is 0.0936 e. The molecule has 0 bridgehead atoms. The van der Waals surface area contributed by atoms with Crippen molar-refractivity contribution in [3.8, 4) is 11.3 Å². The number of thiazole rings is 1. The second-order valence-electron chi connectivity index (χ2n) is 4.36. The quantitative estimate of drug-likeness (QED) is 0.921. The highest BCUT2D eigenvalue weighted by Crippen LogP contribution is 2.25. The lowest BCUT2D eigenvalue weighted by molar-refractivity contribution is 0.346. The molecule has 1 aromatic carbocycles. The van der Waals surface area contributed by atoms with E-state index in [2.05, 4.69) is 15.7 Å². The highest BCUT2D eigenvalue weighted by atomic mass is 35.5. The molecular weight excluding hydrogens is 252 g/mol. The van der Waals surface area contributed by atoms with Crippen molar-refractivity contribution in [1.29, 1.82) is 0 Å². The highest BCUT2D eigenvalue weighted by molar-refractivity contribution is 7.09. The van der Waals surface area contributed by atoms with Crippen LogP contribution in [0.1, 0.15) is 5.01 Å². The third kappa shape index (κ3) is 2.51. The van der Waals surface area contributed by atoms with Crippen molar-refractivity contribution in [3.05, 3.63) is 39.7 Å². The number of benzene rings is 1. The average Bonchev–Trinajstić information content (AvgIpc) is 2.73. The molecule has 88 valence electrons. The average molecular weight is 265 g/mol. The van der Waals surface area contributed by atoms with Gasteiger partial charge in [0, 0.05) is 22.4 Å². The fraction of sp³-hybridized carbons (Fsp3) is 0.308. The molecule has 3 rings (SSSR count). The van der Waals surface area contributed by atoms with Gasteiger partial charge in [0.2, 0.25) is 0 Å². The van der Waals surface area contributed by atoms with Crippen molar-refractivity contribution in [2.24, 2.45) is 5.92 Å². The van der Waals surface area contributed by atoms with Gasteiger partial charge in [-0.1, -0.05) is 23.7 Å². The number of halogens is 1. The zero-order valence-corrected chi connectivity index (χ0v) is 10.9. The molecule has 0 atom stereocenters. The number of nitrogens with one attached hydrogen (secondary N) is 1. The summed E-state index contributed by atoms with van der Waals surface area (Å²) in [6, 6.07) is 7.86. The van der Waals surface area contributed by atoms with E-state index >= 15 is 0 Å². The van der Waals surface area contributed by atoms with Gasteiger partial charge in [-0.15, -0.1) is 11.3 Å². The lowest BCUT2D eigenvalue weighted by atomic mass is 10.0. The molecule has 0 amide bonds. The number of hydrogen-bond donors (Lipinski definition) is 1. The predicted octanol–water partition coefficient (Wildman–Crippen LogP) is 3.23. The number of nitrogens with zero attached hydrogens (tertiary/aromatic N) is 1. The van der Waals surface area contributed by atoms with Crippen LogP contribution in [0, 0.1) is 5.92 Å². The number of hydrogen-bond acceptors (Lipinski definition) is 3. The molecule has 0 spiro atoms. The van der Waals surface area contributed by atoms with E-state index in [1.165, 1.54) is 5.01 Å². The summed E-state index contributed by atoms with van der Waals surface area (Å²) in [7, 11) is 0. The summed E-state index contributed by atoms with van der Waals surface area (Å²) in [5.41, 5.74) is 2.21. The van der Waals surface area contributed by atoms with Gasteiger partial charge in [-0.2, -0.15) is 0 Å². The van der Waals surface area contributed by atoms with Crippen LogP contribution in [0.2, 0.25) is 5.02 Å². The Kier molecular flexibility index (Phi) is 3.14. The van der Waals surface area contributed by atoms with Crippen molar-refractivity contribution in [2.75, 3.05) is 13.1 Å². The smallest absolute Gasteiger partial charge is 0.0936 e. The third-order valence-corrected chi connectivity index (χ3v) is 4.14. The summed E-state index contributed by atoms with van der Waals surface area (Å²) in [6.45, 7) is 2.27. The molecule has 2 heterocycles. The van der Waals surface area contributed by atoms with Crippen molar-refractivity contribution >= 4 is 22.9 Å². The van der Waals surface area contributed by atoms with Crippen molar-refractivity contribution in [3.63, 3.8) is 0 Å². The topological polar surface area (TPSA) is 24.9 Å². The summed E-state index contributed by atoms with van der Waals surface area (Å²) in [4.78, 5) is 4.68. The Labute approximate surface area is 110 Å². The van der Waals surface area contributed by atoms with Gasteiger partial charge in [-0.25, -0.2) is 4.98 Å². The lowest BCUT2D eigenvalue weighted by Gasteiger charge is -2.25. The normalized spacial score (nSPS) is 15.8. The first-order chi connectivity index (χ1) is 8.31. The van der Waals surface area contributed by atoms with Crippen LogP contribution in [0.15, 0.2) is 29.6 Å². The molecule has 1 N–H and O–H groups in total. The molecule has 1 fully saturated rings.